The molecule has 1 aliphatic heterocycles. The highest BCUT2D eigenvalue weighted by molar-refractivity contribution is 6.02. The standard InChI is InChI=1S/C20H23N5O4/c1-4-18(27)21-15-10-14(5-6-17(15)26)19(28)25-8-7-24(11-13(25)3)20(29)16-9-12(2)22-23-16/h4-6,9-10,13,26H,1,7-8,11H2,2-3H3,(H,21,27)(H,22,23)/t13-/m1/s1. The molecule has 9 heteroatoms. The highest BCUT2D eigenvalue weighted by Gasteiger charge is 2.31. The second kappa shape index (κ2) is 8.17. The van der Waals surface area contributed by atoms with E-state index in [1.807, 2.05) is 13.8 Å². The number of hydrogen-bond donors (Lipinski definition) is 3. The number of aromatic hydroxyl groups is 1. The number of aromatic amines is 1. The summed E-state index contributed by atoms with van der Waals surface area (Å²) in [5.74, 6) is -1.05. The molecule has 0 unspecified atom stereocenters. The largest absolute Gasteiger partial charge is 0.506 e. The number of benzene rings is 1. The topological polar surface area (TPSA) is 119 Å². The van der Waals surface area contributed by atoms with Gasteiger partial charge in [0, 0.05) is 36.9 Å². The summed E-state index contributed by atoms with van der Waals surface area (Å²) in [7, 11) is 0. The van der Waals surface area contributed by atoms with Crippen molar-refractivity contribution < 1.29 is 19.5 Å². The molecule has 1 fully saturated rings. The number of phenols is 1. The third kappa shape index (κ3) is 4.29. The first-order valence-electron chi connectivity index (χ1n) is 9.19. The fourth-order valence-electron chi connectivity index (χ4n) is 3.25. The Balaban J connectivity index is 1.71. The number of hydrogen-bond acceptors (Lipinski definition) is 5. The second-order valence-corrected chi connectivity index (χ2v) is 6.96. The van der Waals surface area contributed by atoms with Crippen molar-refractivity contribution in [3.63, 3.8) is 0 Å². The van der Waals surface area contributed by atoms with Gasteiger partial charge in [0.1, 0.15) is 11.4 Å². The van der Waals surface area contributed by atoms with Crippen LogP contribution >= 0.6 is 0 Å². The summed E-state index contributed by atoms with van der Waals surface area (Å²) in [6.45, 7) is 8.20. The molecule has 1 aromatic heterocycles. The van der Waals surface area contributed by atoms with Crippen molar-refractivity contribution in [2.45, 2.75) is 19.9 Å². The number of piperazine rings is 1. The molecule has 3 N–H and O–H groups in total. The third-order valence-electron chi connectivity index (χ3n) is 4.79. The Morgan fingerprint density at radius 1 is 1.28 bits per heavy atom. The van der Waals surface area contributed by atoms with Gasteiger partial charge in [0.15, 0.2) is 0 Å². The average Bonchev–Trinajstić information content (AvgIpc) is 3.14. The molecule has 1 aromatic carbocycles. The van der Waals surface area contributed by atoms with Gasteiger partial charge in [-0.2, -0.15) is 5.10 Å². The van der Waals surface area contributed by atoms with Crippen molar-refractivity contribution in [1.82, 2.24) is 20.0 Å². The van der Waals surface area contributed by atoms with Crippen LogP contribution in [-0.4, -0.2) is 68.5 Å². The molecule has 3 rings (SSSR count). The lowest BCUT2D eigenvalue weighted by atomic mass is 10.1. The highest BCUT2D eigenvalue weighted by atomic mass is 16.3. The van der Waals surface area contributed by atoms with Gasteiger partial charge in [0.25, 0.3) is 11.8 Å². The van der Waals surface area contributed by atoms with Crippen LogP contribution in [0.5, 0.6) is 5.75 Å². The Labute approximate surface area is 168 Å². The Bertz CT molecular complexity index is 968. The fraction of sp³-hybridized carbons (Fsp3) is 0.300. The van der Waals surface area contributed by atoms with Gasteiger partial charge in [-0.05, 0) is 44.2 Å². The van der Waals surface area contributed by atoms with Crippen molar-refractivity contribution in [2.75, 3.05) is 25.0 Å². The quantitative estimate of drug-likeness (QED) is 0.534. The first-order chi connectivity index (χ1) is 13.8. The fourth-order valence-corrected chi connectivity index (χ4v) is 3.25. The van der Waals surface area contributed by atoms with E-state index in [1.165, 1.54) is 18.2 Å². The number of aryl methyl sites for hydroxylation is 1. The van der Waals surface area contributed by atoms with Crippen LogP contribution in [0.15, 0.2) is 36.9 Å². The summed E-state index contributed by atoms with van der Waals surface area (Å²) in [5.41, 5.74) is 1.63. The smallest absolute Gasteiger partial charge is 0.274 e. The van der Waals surface area contributed by atoms with Gasteiger partial charge in [0.2, 0.25) is 5.91 Å². The number of nitrogens with zero attached hydrogens (tertiary/aromatic N) is 3. The molecular formula is C20H23N5O4. The molecular weight excluding hydrogens is 374 g/mol. The summed E-state index contributed by atoms with van der Waals surface area (Å²) in [6, 6.07) is 5.77. The molecule has 0 saturated carbocycles. The molecule has 29 heavy (non-hydrogen) atoms. The number of carbonyl (C=O) groups is 3. The molecule has 1 saturated heterocycles. The number of H-pyrrole nitrogens is 1. The molecule has 9 nitrogen and oxygen atoms in total. The first-order valence-corrected chi connectivity index (χ1v) is 9.19. The van der Waals surface area contributed by atoms with E-state index in [1.54, 1.807) is 15.9 Å². The van der Waals surface area contributed by atoms with Gasteiger partial charge in [-0.15, -0.1) is 0 Å². The van der Waals surface area contributed by atoms with Gasteiger partial charge in [-0.1, -0.05) is 6.58 Å². The van der Waals surface area contributed by atoms with E-state index in [0.29, 0.717) is 30.9 Å². The van der Waals surface area contributed by atoms with E-state index in [-0.39, 0.29) is 29.3 Å². The Morgan fingerprint density at radius 2 is 2.03 bits per heavy atom. The van der Waals surface area contributed by atoms with Gasteiger partial charge in [-0.25, -0.2) is 0 Å². The number of amides is 3. The maximum atomic E-state index is 13.0. The predicted octanol–water partition coefficient (Wildman–Crippen LogP) is 1.53. The van der Waals surface area contributed by atoms with Gasteiger partial charge >= 0.3 is 0 Å². The Hall–Kier alpha value is -3.62. The summed E-state index contributed by atoms with van der Waals surface area (Å²) in [4.78, 5) is 40.4. The normalized spacial score (nSPS) is 16.4. The number of phenolic OH excluding ortho intramolecular Hbond substituents is 1. The maximum absolute atomic E-state index is 13.0. The van der Waals surface area contributed by atoms with E-state index < -0.39 is 5.91 Å². The minimum atomic E-state index is -0.487. The minimum absolute atomic E-state index is 0.135. The van der Waals surface area contributed by atoms with E-state index in [9.17, 15) is 19.5 Å². The lowest BCUT2D eigenvalue weighted by Crippen LogP contribution is -2.55. The molecule has 3 amide bonds. The van der Waals surface area contributed by atoms with Crippen molar-refractivity contribution in [3.05, 3.63) is 53.9 Å². The molecule has 152 valence electrons. The summed E-state index contributed by atoms with van der Waals surface area (Å²) >= 11 is 0. The van der Waals surface area contributed by atoms with Crippen LogP contribution in [0.1, 0.15) is 33.5 Å². The van der Waals surface area contributed by atoms with Crippen LogP contribution in [0.3, 0.4) is 0 Å². The number of aromatic nitrogens is 2. The third-order valence-corrected chi connectivity index (χ3v) is 4.79. The molecule has 1 atom stereocenters. The SMILES string of the molecule is C=CC(=O)Nc1cc(C(=O)N2CCN(C(=O)c3cc(C)[nH]n3)C[C@H]2C)ccc1O. The molecule has 2 aromatic rings. The van der Waals surface area contributed by atoms with Crippen LogP contribution < -0.4 is 5.32 Å². The molecule has 0 radical (unpaired) electrons. The van der Waals surface area contributed by atoms with Crippen molar-refractivity contribution in [2.24, 2.45) is 0 Å². The van der Waals surface area contributed by atoms with Crippen molar-refractivity contribution >= 4 is 23.4 Å². The molecule has 0 spiro atoms. The summed E-state index contributed by atoms with van der Waals surface area (Å²) in [5, 5.41) is 19.1. The monoisotopic (exact) mass is 397 g/mol. The van der Waals surface area contributed by atoms with E-state index in [4.69, 9.17) is 0 Å². The number of rotatable bonds is 4. The predicted molar refractivity (Wildman–Crippen MR) is 107 cm³/mol. The number of anilines is 1. The lowest BCUT2D eigenvalue weighted by Gasteiger charge is -2.39. The molecule has 0 aliphatic carbocycles. The first kappa shape index (κ1) is 20.1. The Morgan fingerprint density at radius 3 is 2.66 bits per heavy atom. The number of carbonyl (C=O) groups excluding carboxylic acids is 3. The van der Waals surface area contributed by atoms with Gasteiger partial charge < -0.3 is 20.2 Å². The number of nitrogens with one attached hydrogen (secondary N) is 2. The maximum Gasteiger partial charge on any atom is 0.274 e. The van der Waals surface area contributed by atoms with E-state index in [0.717, 1.165) is 11.8 Å². The van der Waals surface area contributed by atoms with Crippen LogP contribution in [-0.2, 0) is 4.79 Å². The zero-order chi connectivity index (χ0) is 21.1. The van der Waals surface area contributed by atoms with Crippen molar-refractivity contribution in [1.29, 1.82) is 0 Å². The van der Waals surface area contributed by atoms with Crippen LogP contribution in [0.2, 0.25) is 0 Å². The minimum Gasteiger partial charge on any atom is -0.506 e. The molecule has 2 heterocycles. The molecule has 1 aliphatic rings. The summed E-state index contributed by atoms with van der Waals surface area (Å²) in [6.07, 6.45) is 1.08. The second-order valence-electron chi connectivity index (χ2n) is 6.96. The van der Waals surface area contributed by atoms with Gasteiger partial charge in [-0.3, -0.25) is 19.5 Å². The zero-order valence-electron chi connectivity index (χ0n) is 16.3. The van der Waals surface area contributed by atoms with E-state index >= 15 is 0 Å². The van der Waals surface area contributed by atoms with Crippen LogP contribution in [0.25, 0.3) is 0 Å². The van der Waals surface area contributed by atoms with Crippen LogP contribution in [0.4, 0.5) is 5.69 Å². The van der Waals surface area contributed by atoms with Crippen LogP contribution in [0, 0.1) is 6.92 Å². The summed E-state index contributed by atoms with van der Waals surface area (Å²) < 4.78 is 0. The molecule has 0 bridgehead atoms. The lowest BCUT2D eigenvalue weighted by molar-refractivity contribution is -0.111. The highest BCUT2D eigenvalue weighted by Crippen LogP contribution is 2.26. The average molecular weight is 397 g/mol. The van der Waals surface area contributed by atoms with Crippen molar-refractivity contribution in [3.8, 4) is 5.75 Å². The van der Waals surface area contributed by atoms with E-state index in [2.05, 4.69) is 22.1 Å². The Kier molecular flexibility index (Phi) is 5.67. The zero-order valence-corrected chi connectivity index (χ0v) is 16.3. The van der Waals surface area contributed by atoms with Gasteiger partial charge in [0.05, 0.1) is 5.69 Å².